The molecule has 0 aliphatic carbocycles. The first-order chi connectivity index (χ1) is 18.0. The van der Waals surface area contributed by atoms with E-state index in [9.17, 15) is 14.9 Å². The van der Waals surface area contributed by atoms with E-state index in [0.717, 1.165) is 5.56 Å². The number of nitriles is 1. The SMILES string of the molecule is CC(C)[C@@H](NC(=O)c1ccc2c(c1)OCO2)C(=O)N/N=C/c1ccccc1OCc1ccccc1C#N. The number of para-hydroxylation sites is 1. The minimum absolute atomic E-state index is 0.108. The van der Waals surface area contributed by atoms with E-state index in [1.807, 2.05) is 38.1 Å². The molecule has 3 aromatic rings. The Morgan fingerprint density at radius 3 is 2.65 bits per heavy atom. The van der Waals surface area contributed by atoms with E-state index in [1.54, 1.807) is 42.5 Å². The number of hydrogen-bond acceptors (Lipinski definition) is 7. The molecular formula is C28H26N4O5. The van der Waals surface area contributed by atoms with Crippen LogP contribution in [0.5, 0.6) is 17.2 Å². The molecule has 0 radical (unpaired) electrons. The smallest absolute Gasteiger partial charge is 0.262 e. The third-order valence-corrected chi connectivity index (χ3v) is 5.69. The number of amides is 2. The van der Waals surface area contributed by atoms with Gasteiger partial charge in [0.15, 0.2) is 11.5 Å². The van der Waals surface area contributed by atoms with Crippen LogP contribution in [0.25, 0.3) is 0 Å². The quantitative estimate of drug-likeness (QED) is 0.342. The predicted octanol–water partition coefficient (Wildman–Crippen LogP) is 3.77. The van der Waals surface area contributed by atoms with Gasteiger partial charge in [-0.2, -0.15) is 10.4 Å². The van der Waals surface area contributed by atoms with Crippen LogP contribution >= 0.6 is 0 Å². The van der Waals surface area contributed by atoms with Crippen molar-refractivity contribution in [3.8, 4) is 23.3 Å². The van der Waals surface area contributed by atoms with Crippen molar-refractivity contribution in [2.45, 2.75) is 26.5 Å². The summed E-state index contributed by atoms with van der Waals surface area (Å²) in [6.07, 6.45) is 1.47. The molecule has 1 aliphatic rings. The van der Waals surface area contributed by atoms with Gasteiger partial charge in [-0.05, 0) is 42.3 Å². The van der Waals surface area contributed by atoms with E-state index < -0.39 is 17.9 Å². The fourth-order valence-corrected chi connectivity index (χ4v) is 3.66. The largest absolute Gasteiger partial charge is 0.488 e. The molecule has 1 heterocycles. The molecule has 0 unspecified atom stereocenters. The molecule has 0 saturated heterocycles. The number of carbonyl (C=O) groups is 2. The van der Waals surface area contributed by atoms with Crippen molar-refractivity contribution in [2.24, 2.45) is 11.0 Å². The predicted molar refractivity (Wildman–Crippen MR) is 136 cm³/mol. The summed E-state index contributed by atoms with van der Waals surface area (Å²) < 4.78 is 16.5. The molecule has 9 heteroatoms. The van der Waals surface area contributed by atoms with Gasteiger partial charge in [-0.25, -0.2) is 5.43 Å². The Kier molecular flexibility index (Phi) is 8.01. The van der Waals surface area contributed by atoms with Crippen LogP contribution < -0.4 is 25.0 Å². The summed E-state index contributed by atoms with van der Waals surface area (Å²) in [5, 5.41) is 16.1. The van der Waals surface area contributed by atoms with Crippen molar-refractivity contribution in [3.05, 3.63) is 89.0 Å². The number of fused-ring (bicyclic) bond motifs is 1. The normalized spacial score (nSPS) is 12.7. The molecule has 0 fully saturated rings. The maximum atomic E-state index is 12.8. The van der Waals surface area contributed by atoms with E-state index in [4.69, 9.17) is 14.2 Å². The Bertz CT molecular complexity index is 1360. The van der Waals surface area contributed by atoms with Crippen LogP contribution in [0.3, 0.4) is 0 Å². The number of benzene rings is 3. The van der Waals surface area contributed by atoms with E-state index in [-0.39, 0.29) is 19.3 Å². The van der Waals surface area contributed by atoms with Gasteiger partial charge in [0.25, 0.3) is 11.8 Å². The maximum Gasteiger partial charge on any atom is 0.262 e. The van der Waals surface area contributed by atoms with Crippen molar-refractivity contribution in [3.63, 3.8) is 0 Å². The molecule has 4 rings (SSSR count). The summed E-state index contributed by atoms with van der Waals surface area (Å²) in [4.78, 5) is 25.6. The number of hydrogen-bond donors (Lipinski definition) is 2. The molecular weight excluding hydrogens is 472 g/mol. The number of rotatable bonds is 9. The van der Waals surface area contributed by atoms with Crippen LogP contribution in [0.2, 0.25) is 0 Å². The van der Waals surface area contributed by atoms with E-state index in [1.165, 1.54) is 6.21 Å². The Morgan fingerprint density at radius 1 is 1.08 bits per heavy atom. The molecule has 0 saturated carbocycles. The molecule has 2 N–H and O–H groups in total. The Hall–Kier alpha value is -4.84. The average molecular weight is 499 g/mol. The highest BCUT2D eigenvalue weighted by molar-refractivity contribution is 5.98. The Morgan fingerprint density at radius 2 is 1.84 bits per heavy atom. The molecule has 2 amide bonds. The number of nitrogens with zero attached hydrogens (tertiary/aromatic N) is 2. The Labute approximate surface area is 214 Å². The number of nitrogens with one attached hydrogen (secondary N) is 2. The van der Waals surface area contributed by atoms with Crippen LogP contribution in [0, 0.1) is 17.2 Å². The zero-order chi connectivity index (χ0) is 26.2. The first kappa shape index (κ1) is 25.3. The van der Waals surface area contributed by atoms with Gasteiger partial charge in [0.1, 0.15) is 18.4 Å². The second-order valence-corrected chi connectivity index (χ2v) is 8.59. The van der Waals surface area contributed by atoms with Crippen molar-refractivity contribution in [1.82, 2.24) is 10.7 Å². The summed E-state index contributed by atoms with van der Waals surface area (Å²) in [5.41, 5.74) is 4.81. The minimum atomic E-state index is -0.816. The second kappa shape index (κ2) is 11.7. The van der Waals surface area contributed by atoms with E-state index >= 15 is 0 Å². The molecule has 3 aromatic carbocycles. The van der Waals surface area contributed by atoms with Gasteiger partial charge in [-0.3, -0.25) is 9.59 Å². The van der Waals surface area contributed by atoms with Crippen molar-refractivity contribution >= 4 is 18.0 Å². The topological polar surface area (TPSA) is 122 Å². The average Bonchev–Trinajstić information content (AvgIpc) is 3.39. The lowest BCUT2D eigenvalue weighted by Gasteiger charge is -2.20. The molecule has 37 heavy (non-hydrogen) atoms. The third kappa shape index (κ3) is 6.24. The monoisotopic (exact) mass is 498 g/mol. The van der Waals surface area contributed by atoms with Gasteiger partial charge in [0.05, 0.1) is 17.8 Å². The summed E-state index contributed by atoms with van der Waals surface area (Å²) in [6.45, 7) is 3.98. The third-order valence-electron chi connectivity index (χ3n) is 5.69. The molecule has 0 bridgehead atoms. The second-order valence-electron chi connectivity index (χ2n) is 8.59. The summed E-state index contributed by atoms with van der Waals surface area (Å²) >= 11 is 0. The molecule has 1 atom stereocenters. The highest BCUT2D eigenvalue weighted by atomic mass is 16.7. The molecule has 0 aromatic heterocycles. The van der Waals surface area contributed by atoms with Gasteiger partial charge in [-0.1, -0.05) is 44.2 Å². The van der Waals surface area contributed by atoms with Crippen LogP contribution in [0.15, 0.2) is 71.8 Å². The van der Waals surface area contributed by atoms with Gasteiger partial charge in [0.2, 0.25) is 6.79 Å². The summed E-state index contributed by atoms with van der Waals surface area (Å²) in [6, 6.07) is 20.6. The molecule has 188 valence electrons. The summed E-state index contributed by atoms with van der Waals surface area (Å²) in [5.74, 6) is 0.547. The lowest BCUT2D eigenvalue weighted by atomic mass is 10.0. The lowest BCUT2D eigenvalue weighted by Crippen LogP contribution is -2.48. The zero-order valence-electron chi connectivity index (χ0n) is 20.4. The van der Waals surface area contributed by atoms with Crippen LogP contribution in [-0.4, -0.2) is 30.9 Å². The lowest BCUT2D eigenvalue weighted by molar-refractivity contribution is -0.123. The Balaban J connectivity index is 1.38. The molecule has 0 spiro atoms. The summed E-state index contributed by atoms with van der Waals surface area (Å²) in [7, 11) is 0. The van der Waals surface area contributed by atoms with Crippen LogP contribution in [0.1, 0.15) is 40.9 Å². The number of carbonyl (C=O) groups excluding carboxylic acids is 2. The van der Waals surface area contributed by atoms with Gasteiger partial charge >= 0.3 is 0 Å². The highest BCUT2D eigenvalue weighted by Gasteiger charge is 2.25. The zero-order valence-corrected chi connectivity index (χ0v) is 20.4. The van der Waals surface area contributed by atoms with Gasteiger partial charge in [0, 0.05) is 16.7 Å². The molecule has 1 aliphatic heterocycles. The first-order valence-corrected chi connectivity index (χ1v) is 11.7. The standard InChI is InChI=1S/C28H26N4O5/c1-18(2)26(31-27(33)19-11-12-24-25(13-19)37-17-36-24)28(34)32-30-15-21-8-5-6-10-23(21)35-16-22-9-4-3-7-20(22)14-29/h3-13,15,18,26H,16-17H2,1-2H3,(H,31,33)(H,32,34)/b30-15+/t26-/m1/s1. The fraction of sp³-hybridized carbons (Fsp3) is 0.214. The number of ether oxygens (including phenoxy) is 3. The van der Waals surface area contributed by atoms with Crippen LogP contribution in [0.4, 0.5) is 0 Å². The highest BCUT2D eigenvalue weighted by Crippen LogP contribution is 2.32. The van der Waals surface area contributed by atoms with Gasteiger partial charge < -0.3 is 19.5 Å². The molecule has 9 nitrogen and oxygen atoms in total. The van der Waals surface area contributed by atoms with Crippen molar-refractivity contribution in [2.75, 3.05) is 6.79 Å². The van der Waals surface area contributed by atoms with E-state index in [2.05, 4.69) is 21.9 Å². The van der Waals surface area contributed by atoms with Crippen LogP contribution in [-0.2, 0) is 11.4 Å². The van der Waals surface area contributed by atoms with E-state index in [0.29, 0.717) is 33.9 Å². The fourth-order valence-electron chi connectivity index (χ4n) is 3.66. The van der Waals surface area contributed by atoms with Gasteiger partial charge in [-0.15, -0.1) is 0 Å². The first-order valence-electron chi connectivity index (χ1n) is 11.7. The number of hydrazone groups is 1. The van der Waals surface area contributed by atoms with Crippen molar-refractivity contribution in [1.29, 1.82) is 5.26 Å². The van der Waals surface area contributed by atoms with Crippen molar-refractivity contribution < 1.29 is 23.8 Å². The maximum absolute atomic E-state index is 12.8. The minimum Gasteiger partial charge on any atom is -0.488 e.